The Balaban J connectivity index is 1.75. The molecule has 0 bridgehead atoms. The van der Waals surface area contributed by atoms with E-state index in [1.54, 1.807) is 13.2 Å². The molecule has 1 heterocycles. The van der Waals surface area contributed by atoms with E-state index in [0.29, 0.717) is 12.3 Å². The van der Waals surface area contributed by atoms with Crippen molar-refractivity contribution in [3.8, 4) is 11.5 Å². The predicted octanol–water partition coefficient (Wildman–Crippen LogP) is 1.59. The standard InChI is InChI=1S/C14H22N2O2/c1-18-13-6-4-5-12(14(13)17)11-15-7-10-16-8-2-3-9-16/h4-6,15,17H,2-3,7-11H2,1H3. The highest BCUT2D eigenvalue weighted by molar-refractivity contribution is 5.45. The van der Waals surface area contributed by atoms with Gasteiger partial charge >= 0.3 is 0 Å². The normalized spacial score (nSPS) is 16.1. The molecular weight excluding hydrogens is 228 g/mol. The zero-order valence-electron chi connectivity index (χ0n) is 11.0. The number of phenolic OH excluding ortho intramolecular Hbond substituents is 1. The van der Waals surface area contributed by atoms with Gasteiger partial charge in [0.15, 0.2) is 11.5 Å². The Kier molecular flexibility index (Phi) is 4.84. The van der Waals surface area contributed by atoms with Crippen LogP contribution >= 0.6 is 0 Å². The summed E-state index contributed by atoms with van der Waals surface area (Å²) in [6.45, 7) is 5.18. The molecule has 0 atom stereocenters. The number of phenols is 1. The van der Waals surface area contributed by atoms with Crippen molar-refractivity contribution in [2.75, 3.05) is 33.3 Å². The topological polar surface area (TPSA) is 44.7 Å². The number of nitrogens with zero attached hydrogens (tertiary/aromatic N) is 1. The second-order valence-corrected chi connectivity index (χ2v) is 4.69. The maximum atomic E-state index is 9.92. The molecule has 4 nitrogen and oxygen atoms in total. The van der Waals surface area contributed by atoms with Gasteiger partial charge in [0.2, 0.25) is 0 Å². The van der Waals surface area contributed by atoms with E-state index >= 15 is 0 Å². The van der Waals surface area contributed by atoms with Crippen molar-refractivity contribution in [1.29, 1.82) is 0 Å². The van der Waals surface area contributed by atoms with E-state index in [1.165, 1.54) is 25.9 Å². The quantitative estimate of drug-likeness (QED) is 0.753. The number of likely N-dealkylation sites (tertiary alicyclic amines) is 1. The first-order valence-electron chi connectivity index (χ1n) is 6.59. The lowest BCUT2D eigenvalue weighted by atomic mass is 10.2. The molecule has 2 N–H and O–H groups in total. The summed E-state index contributed by atoms with van der Waals surface area (Å²) in [6.07, 6.45) is 2.66. The van der Waals surface area contributed by atoms with Crippen molar-refractivity contribution in [1.82, 2.24) is 10.2 Å². The smallest absolute Gasteiger partial charge is 0.162 e. The van der Waals surface area contributed by atoms with Gasteiger partial charge in [-0.1, -0.05) is 12.1 Å². The fourth-order valence-electron chi connectivity index (χ4n) is 2.34. The first-order chi connectivity index (χ1) is 8.81. The predicted molar refractivity (Wildman–Crippen MR) is 72.0 cm³/mol. The van der Waals surface area contributed by atoms with Gasteiger partial charge in [-0.05, 0) is 32.0 Å². The number of hydrogen-bond acceptors (Lipinski definition) is 4. The molecule has 0 spiro atoms. The number of benzene rings is 1. The fraction of sp³-hybridized carbons (Fsp3) is 0.571. The number of ether oxygens (including phenoxy) is 1. The van der Waals surface area contributed by atoms with E-state index in [2.05, 4.69) is 10.2 Å². The van der Waals surface area contributed by atoms with Crippen molar-refractivity contribution in [3.63, 3.8) is 0 Å². The van der Waals surface area contributed by atoms with Crippen LogP contribution in [0.1, 0.15) is 18.4 Å². The number of hydrogen-bond donors (Lipinski definition) is 2. The number of methoxy groups -OCH3 is 1. The molecule has 1 fully saturated rings. The van der Waals surface area contributed by atoms with E-state index in [-0.39, 0.29) is 5.75 Å². The second-order valence-electron chi connectivity index (χ2n) is 4.69. The summed E-state index contributed by atoms with van der Waals surface area (Å²) in [5.41, 5.74) is 0.885. The molecule has 0 radical (unpaired) electrons. The highest BCUT2D eigenvalue weighted by Crippen LogP contribution is 2.28. The Hall–Kier alpha value is -1.26. The minimum atomic E-state index is 0.244. The van der Waals surface area contributed by atoms with Gasteiger partial charge in [-0.2, -0.15) is 0 Å². The Morgan fingerprint density at radius 1 is 1.33 bits per heavy atom. The highest BCUT2D eigenvalue weighted by Gasteiger charge is 2.10. The molecule has 0 aliphatic carbocycles. The molecule has 1 saturated heterocycles. The molecule has 1 aliphatic heterocycles. The van der Waals surface area contributed by atoms with Crippen molar-refractivity contribution in [3.05, 3.63) is 23.8 Å². The van der Waals surface area contributed by atoms with Crippen molar-refractivity contribution in [2.24, 2.45) is 0 Å². The maximum absolute atomic E-state index is 9.92. The van der Waals surface area contributed by atoms with Gasteiger partial charge < -0.3 is 20.1 Å². The van der Waals surface area contributed by atoms with Gasteiger partial charge in [-0.25, -0.2) is 0 Å². The van der Waals surface area contributed by atoms with Crippen LogP contribution in [0, 0.1) is 0 Å². The molecule has 0 unspecified atom stereocenters. The number of nitrogens with one attached hydrogen (secondary N) is 1. The minimum Gasteiger partial charge on any atom is -0.504 e. The average molecular weight is 250 g/mol. The molecule has 0 saturated carbocycles. The lowest BCUT2D eigenvalue weighted by Gasteiger charge is -2.15. The van der Waals surface area contributed by atoms with E-state index in [4.69, 9.17) is 4.74 Å². The summed E-state index contributed by atoms with van der Waals surface area (Å²) in [5, 5.41) is 13.3. The monoisotopic (exact) mass is 250 g/mol. The largest absolute Gasteiger partial charge is 0.504 e. The van der Waals surface area contributed by atoms with Crippen molar-refractivity contribution in [2.45, 2.75) is 19.4 Å². The third-order valence-electron chi connectivity index (χ3n) is 3.42. The number of aromatic hydroxyl groups is 1. The van der Waals surface area contributed by atoms with Crippen LogP contribution in [0.2, 0.25) is 0 Å². The number of rotatable bonds is 6. The lowest BCUT2D eigenvalue weighted by molar-refractivity contribution is 0.334. The lowest BCUT2D eigenvalue weighted by Crippen LogP contribution is -2.29. The molecule has 4 heteroatoms. The van der Waals surface area contributed by atoms with Crippen LogP contribution in [0.25, 0.3) is 0 Å². The third-order valence-corrected chi connectivity index (χ3v) is 3.42. The van der Waals surface area contributed by atoms with E-state index < -0.39 is 0 Å². The molecule has 1 aromatic carbocycles. The SMILES string of the molecule is COc1cccc(CNCCN2CCCC2)c1O. The van der Waals surface area contributed by atoms with E-state index in [1.807, 2.05) is 12.1 Å². The van der Waals surface area contributed by atoms with Gasteiger partial charge in [-0.3, -0.25) is 0 Å². The summed E-state index contributed by atoms with van der Waals surface area (Å²) in [6, 6.07) is 5.58. The summed E-state index contributed by atoms with van der Waals surface area (Å²) in [4.78, 5) is 2.47. The molecular formula is C14H22N2O2. The van der Waals surface area contributed by atoms with Crippen LogP contribution in [-0.4, -0.2) is 43.3 Å². The molecule has 1 aliphatic rings. The summed E-state index contributed by atoms with van der Waals surface area (Å²) < 4.78 is 5.09. The van der Waals surface area contributed by atoms with Crippen LogP contribution in [0.15, 0.2) is 18.2 Å². The second kappa shape index (κ2) is 6.61. The van der Waals surface area contributed by atoms with Crippen LogP contribution in [0.4, 0.5) is 0 Å². The molecule has 0 aromatic heterocycles. The van der Waals surface area contributed by atoms with Crippen molar-refractivity contribution < 1.29 is 9.84 Å². The molecule has 2 rings (SSSR count). The van der Waals surface area contributed by atoms with Crippen LogP contribution < -0.4 is 10.1 Å². The van der Waals surface area contributed by atoms with Crippen LogP contribution in [-0.2, 0) is 6.54 Å². The number of para-hydroxylation sites is 1. The van der Waals surface area contributed by atoms with E-state index in [0.717, 1.165) is 18.7 Å². The van der Waals surface area contributed by atoms with Gasteiger partial charge in [0, 0.05) is 25.2 Å². The van der Waals surface area contributed by atoms with Gasteiger partial charge in [0.25, 0.3) is 0 Å². The minimum absolute atomic E-state index is 0.244. The molecule has 0 amide bonds. The zero-order chi connectivity index (χ0) is 12.8. The maximum Gasteiger partial charge on any atom is 0.162 e. The molecule has 1 aromatic rings. The molecule has 18 heavy (non-hydrogen) atoms. The zero-order valence-corrected chi connectivity index (χ0v) is 11.0. The Labute approximate surface area is 109 Å². The summed E-state index contributed by atoms with van der Waals surface area (Å²) >= 11 is 0. The van der Waals surface area contributed by atoms with Crippen LogP contribution in [0.3, 0.4) is 0 Å². The van der Waals surface area contributed by atoms with E-state index in [9.17, 15) is 5.11 Å². The average Bonchev–Trinajstić information content (AvgIpc) is 2.89. The Morgan fingerprint density at radius 2 is 2.11 bits per heavy atom. The highest BCUT2D eigenvalue weighted by atomic mass is 16.5. The molecule has 100 valence electrons. The van der Waals surface area contributed by atoms with Gasteiger partial charge in [0.1, 0.15) is 0 Å². The third kappa shape index (κ3) is 3.37. The van der Waals surface area contributed by atoms with Gasteiger partial charge in [0.05, 0.1) is 7.11 Å². The Bertz CT molecular complexity index is 376. The van der Waals surface area contributed by atoms with Crippen LogP contribution in [0.5, 0.6) is 11.5 Å². The van der Waals surface area contributed by atoms with Gasteiger partial charge in [-0.15, -0.1) is 0 Å². The van der Waals surface area contributed by atoms with Crippen molar-refractivity contribution >= 4 is 0 Å². The Morgan fingerprint density at radius 3 is 2.83 bits per heavy atom. The summed E-state index contributed by atoms with van der Waals surface area (Å²) in [7, 11) is 1.57. The fourth-order valence-corrected chi connectivity index (χ4v) is 2.34. The first kappa shape index (κ1) is 13.2. The first-order valence-corrected chi connectivity index (χ1v) is 6.59. The summed E-state index contributed by atoms with van der Waals surface area (Å²) in [5.74, 6) is 0.780.